The number of benzene rings is 1. The van der Waals surface area contributed by atoms with Crippen LogP contribution in [0.1, 0.15) is 24.2 Å². The summed E-state index contributed by atoms with van der Waals surface area (Å²) in [5.41, 5.74) is -0.500. The lowest BCUT2D eigenvalue weighted by Gasteiger charge is -2.17. The number of hydrogen-bond donors (Lipinski definition) is 2. The minimum Gasteiger partial charge on any atom is -0.389 e. The number of hydrogen-bond acceptors (Lipinski definition) is 2. The molecule has 0 radical (unpaired) electrons. The van der Waals surface area contributed by atoms with Gasteiger partial charge in [-0.25, -0.2) is 0 Å². The average Bonchev–Trinajstić information content (AvgIpc) is 2.14. The SMILES string of the molecule is CC(C)(O)CNC(=O)c1ccccc1Cl. The Bertz CT molecular complexity index is 358. The predicted molar refractivity (Wildman–Crippen MR) is 60.1 cm³/mol. The highest BCUT2D eigenvalue weighted by Gasteiger charge is 2.15. The molecule has 2 N–H and O–H groups in total. The molecule has 1 amide bonds. The molecule has 0 aromatic heterocycles. The summed E-state index contributed by atoms with van der Waals surface area (Å²) in [4.78, 5) is 11.6. The van der Waals surface area contributed by atoms with E-state index in [0.29, 0.717) is 10.6 Å². The fraction of sp³-hybridized carbons (Fsp3) is 0.364. The second kappa shape index (κ2) is 4.64. The third-order valence-electron chi connectivity index (χ3n) is 1.80. The highest BCUT2D eigenvalue weighted by atomic mass is 35.5. The largest absolute Gasteiger partial charge is 0.389 e. The third kappa shape index (κ3) is 3.90. The first-order valence-electron chi connectivity index (χ1n) is 4.65. The van der Waals surface area contributed by atoms with Crippen LogP contribution in [-0.4, -0.2) is 23.2 Å². The van der Waals surface area contributed by atoms with Gasteiger partial charge >= 0.3 is 0 Å². The van der Waals surface area contributed by atoms with E-state index in [9.17, 15) is 9.90 Å². The summed E-state index contributed by atoms with van der Waals surface area (Å²) in [7, 11) is 0. The van der Waals surface area contributed by atoms with Crippen molar-refractivity contribution in [3.8, 4) is 0 Å². The maximum Gasteiger partial charge on any atom is 0.252 e. The lowest BCUT2D eigenvalue weighted by molar-refractivity contribution is 0.0694. The zero-order chi connectivity index (χ0) is 11.5. The number of nitrogens with one attached hydrogen (secondary N) is 1. The van der Waals surface area contributed by atoms with Crippen molar-refractivity contribution >= 4 is 17.5 Å². The van der Waals surface area contributed by atoms with Crippen molar-refractivity contribution in [2.45, 2.75) is 19.4 Å². The second-order valence-corrected chi connectivity index (χ2v) is 4.38. The molecule has 82 valence electrons. The van der Waals surface area contributed by atoms with Crippen molar-refractivity contribution in [1.29, 1.82) is 0 Å². The van der Waals surface area contributed by atoms with Gasteiger partial charge in [0.1, 0.15) is 0 Å². The molecule has 0 fully saturated rings. The minimum atomic E-state index is -0.920. The van der Waals surface area contributed by atoms with Crippen molar-refractivity contribution in [3.63, 3.8) is 0 Å². The van der Waals surface area contributed by atoms with Gasteiger partial charge in [0.15, 0.2) is 0 Å². The number of aliphatic hydroxyl groups is 1. The van der Waals surface area contributed by atoms with E-state index in [1.807, 2.05) is 0 Å². The summed E-state index contributed by atoms with van der Waals surface area (Å²) in [6.45, 7) is 3.44. The lowest BCUT2D eigenvalue weighted by atomic mass is 10.1. The molecule has 3 nitrogen and oxygen atoms in total. The summed E-state index contributed by atoms with van der Waals surface area (Å²) in [5, 5.41) is 12.4. The molecule has 0 unspecified atom stereocenters. The van der Waals surface area contributed by atoms with Crippen molar-refractivity contribution in [2.24, 2.45) is 0 Å². The number of halogens is 1. The Kier molecular flexibility index (Phi) is 3.72. The van der Waals surface area contributed by atoms with E-state index in [-0.39, 0.29) is 12.5 Å². The first-order chi connectivity index (χ1) is 6.90. The van der Waals surface area contributed by atoms with Crippen LogP contribution < -0.4 is 5.32 Å². The van der Waals surface area contributed by atoms with Crippen molar-refractivity contribution in [1.82, 2.24) is 5.32 Å². The van der Waals surface area contributed by atoms with Crippen molar-refractivity contribution < 1.29 is 9.90 Å². The molecule has 0 aliphatic carbocycles. The Morgan fingerprint density at radius 1 is 1.47 bits per heavy atom. The highest BCUT2D eigenvalue weighted by molar-refractivity contribution is 6.33. The fourth-order valence-electron chi connectivity index (χ4n) is 1.04. The van der Waals surface area contributed by atoms with Crippen LogP contribution in [-0.2, 0) is 0 Å². The Labute approximate surface area is 94.1 Å². The zero-order valence-electron chi connectivity index (χ0n) is 8.75. The van der Waals surface area contributed by atoms with E-state index in [1.54, 1.807) is 38.1 Å². The van der Waals surface area contributed by atoms with Crippen LogP contribution in [0, 0.1) is 0 Å². The molecule has 0 bridgehead atoms. The van der Waals surface area contributed by atoms with Crippen LogP contribution in [0.25, 0.3) is 0 Å². The van der Waals surface area contributed by atoms with Gasteiger partial charge in [-0.15, -0.1) is 0 Å². The maximum absolute atomic E-state index is 11.6. The topological polar surface area (TPSA) is 49.3 Å². The molecule has 0 aliphatic rings. The van der Waals surface area contributed by atoms with Gasteiger partial charge in [-0.05, 0) is 26.0 Å². The van der Waals surface area contributed by atoms with Gasteiger partial charge < -0.3 is 10.4 Å². The first-order valence-corrected chi connectivity index (χ1v) is 5.03. The monoisotopic (exact) mass is 227 g/mol. The van der Waals surface area contributed by atoms with E-state index in [1.165, 1.54) is 0 Å². The predicted octanol–water partition coefficient (Wildman–Crippen LogP) is 1.84. The molecule has 4 heteroatoms. The molecule has 1 aromatic carbocycles. The van der Waals surface area contributed by atoms with Gasteiger partial charge in [0, 0.05) is 6.54 Å². The van der Waals surface area contributed by atoms with Crippen LogP contribution in [0.5, 0.6) is 0 Å². The summed E-state index contributed by atoms with van der Waals surface area (Å²) in [6.07, 6.45) is 0. The highest BCUT2D eigenvalue weighted by Crippen LogP contribution is 2.14. The molecule has 0 aliphatic heterocycles. The van der Waals surface area contributed by atoms with Gasteiger partial charge in [-0.1, -0.05) is 23.7 Å². The van der Waals surface area contributed by atoms with Crippen LogP contribution in [0.2, 0.25) is 5.02 Å². The standard InChI is InChI=1S/C11H14ClNO2/c1-11(2,15)7-13-10(14)8-5-3-4-6-9(8)12/h3-6,15H,7H2,1-2H3,(H,13,14). The molecule has 0 saturated heterocycles. The molecule has 0 atom stereocenters. The van der Waals surface area contributed by atoms with Gasteiger partial charge in [0.25, 0.3) is 5.91 Å². The Morgan fingerprint density at radius 2 is 2.07 bits per heavy atom. The fourth-order valence-corrected chi connectivity index (χ4v) is 1.26. The number of carbonyl (C=O) groups excluding carboxylic acids is 1. The molecule has 1 rings (SSSR count). The summed E-state index contributed by atoms with van der Waals surface area (Å²) in [6, 6.07) is 6.79. The lowest BCUT2D eigenvalue weighted by Crippen LogP contribution is -2.38. The van der Waals surface area contributed by atoms with E-state index in [4.69, 9.17) is 11.6 Å². The Hall–Kier alpha value is -1.06. The number of rotatable bonds is 3. The van der Waals surface area contributed by atoms with Gasteiger partial charge in [-0.2, -0.15) is 0 Å². The van der Waals surface area contributed by atoms with E-state index in [2.05, 4.69) is 5.32 Å². The molecule has 1 aromatic rings. The second-order valence-electron chi connectivity index (χ2n) is 3.97. The van der Waals surface area contributed by atoms with Gasteiger partial charge in [0.05, 0.1) is 16.2 Å². The van der Waals surface area contributed by atoms with Crippen molar-refractivity contribution in [3.05, 3.63) is 34.9 Å². The average molecular weight is 228 g/mol. The Balaban J connectivity index is 2.66. The zero-order valence-corrected chi connectivity index (χ0v) is 9.51. The third-order valence-corrected chi connectivity index (χ3v) is 2.13. The van der Waals surface area contributed by atoms with Crippen LogP contribution in [0.15, 0.2) is 24.3 Å². The van der Waals surface area contributed by atoms with Crippen LogP contribution >= 0.6 is 11.6 Å². The molecule has 0 spiro atoms. The minimum absolute atomic E-state index is 0.192. The van der Waals surface area contributed by atoms with E-state index >= 15 is 0 Å². The van der Waals surface area contributed by atoms with Crippen LogP contribution in [0.3, 0.4) is 0 Å². The number of amides is 1. The molecule has 0 heterocycles. The molecule has 0 saturated carbocycles. The quantitative estimate of drug-likeness (QED) is 0.828. The smallest absolute Gasteiger partial charge is 0.252 e. The number of carbonyl (C=O) groups is 1. The molecular formula is C11H14ClNO2. The molecule has 15 heavy (non-hydrogen) atoms. The Morgan fingerprint density at radius 3 is 2.60 bits per heavy atom. The summed E-state index contributed by atoms with van der Waals surface area (Å²) in [5.74, 6) is -0.275. The van der Waals surface area contributed by atoms with Gasteiger partial charge in [0.2, 0.25) is 0 Å². The van der Waals surface area contributed by atoms with Gasteiger partial charge in [-0.3, -0.25) is 4.79 Å². The molecular weight excluding hydrogens is 214 g/mol. The van der Waals surface area contributed by atoms with E-state index < -0.39 is 5.60 Å². The maximum atomic E-state index is 11.6. The first kappa shape index (κ1) is 12.0. The normalized spacial score (nSPS) is 11.2. The van der Waals surface area contributed by atoms with Crippen molar-refractivity contribution in [2.75, 3.05) is 6.54 Å². The van der Waals surface area contributed by atoms with E-state index in [0.717, 1.165) is 0 Å². The summed E-state index contributed by atoms with van der Waals surface area (Å²) < 4.78 is 0. The van der Waals surface area contributed by atoms with Crippen LogP contribution in [0.4, 0.5) is 0 Å². The summed E-state index contributed by atoms with van der Waals surface area (Å²) >= 11 is 5.85.